The van der Waals surface area contributed by atoms with Crippen molar-refractivity contribution in [3.63, 3.8) is 0 Å². The van der Waals surface area contributed by atoms with Crippen molar-refractivity contribution in [2.45, 2.75) is 11.8 Å². The predicted octanol–water partition coefficient (Wildman–Crippen LogP) is 2.71. The van der Waals surface area contributed by atoms with Gasteiger partial charge >= 0.3 is 0 Å². The summed E-state index contributed by atoms with van der Waals surface area (Å²) in [5.74, 6) is 0.0819. The molecule has 0 fully saturated rings. The average molecular weight is 319 g/mol. The first-order valence-corrected chi connectivity index (χ1v) is 7.79. The molecule has 0 bridgehead atoms. The second-order valence-corrected chi connectivity index (χ2v) is 6.59. The smallest absolute Gasteiger partial charge is 0.178 e. The van der Waals surface area contributed by atoms with Crippen LogP contribution in [-0.2, 0) is 6.54 Å². The van der Waals surface area contributed by atoms with Gasteiger partial charge in [0.1, 0.15) is 4.32 Å². The lowest BCUT2D eigenvalue weighted by Crippen LogP contribution is -2.28. The van der Waals surface area contributed by atoms with Crippen LogP contribution in [0.1, 0.15) is 10.4 Å². The van der Waals surface area contributed by atoms with Crippen LogP contribution < -0.4 is 0 Å². The molecule has 1 atom stereocenters. The van der Waals surface area contributed by atoms with E-state index in [9.17, 15) is 4.79 Å². The van der Waals surface area contributed by atoms with E-state index in [1.807, 2.05) is 60.1 Å². The first kappa shape index (κ1) is 15.7. The van der Waals surface area contributed by atoms with Crippen LogP contribution in [0.2, 0.25) is 0 Å². The highest BCUT2D eigenvalue weighted by atomic mass is 32.2. The maximum Gasteiger partial charge on any atom is 0.178 e. The molecule has 1 aromatic heterocycles. The molecule has 0 amide bonds. The molecule has 0 spiro atoms. The second-order valence-electron chi connectivity index (χ2n) is 4.76. The second kappa shape index (κ2) is 7.38. The summed E-state index contributed by atoms with van der Waals surface area (Å²) in [6.45, 7) is 0.548. The van der Waals surface area contributed by atoms with E-state index in [-0.39, 0.29) is 11.0 Å². The van der Waals surface area contributed by atoms with Crippen LogP contribution in [0.25, 0.3) is 0 Å². The Morgan fingerprint density at radius 1 is 1.38 bits per heavy atom. The van der Waals surface area contributed by atoms with Crippen molar-refractivity contribution in [2.75, 3.05) is 14.1 Å². The fourth-order valence-corrected chi connectivity index (χ4v) is 3.07. The monoisotopic (exact) mass is 319 g/mol. The van der Waals surface area contributed by atoms with E-state index >= 15 is 0 Å². The summed E-state index contributed by atoms with van der Waals surface area (Å²) in [5, 5.41) is -0.267. The van der Waals surface area contributed by atoms with Crippen LogP contribution in [-0.4, -0.2) is 43.9 Å². The molecule has 1 unspecified atom stereocenters. The van der Waals surface area contributed by atoms with Crippen LogP contribution >= 0.6 is 24.0 Å². The van der Waals surface area contributed by atoms with Crippen molar-refractivity contribution in [1.82, 2.24) is 14.5 Å². The number of imidazole rings is 1. The van der Waals surface area contributed by atoms with E-state index in [2.05, 4.69) is 4.98 Å². The largest absolute Gasteiger partial charge is 0.364 e. The van der Waals surface area contributed by atoms with Crippen LogP contribution in [0, 0.1) is 0 Å². The lowest BCUT2D eigenvalue weighted by atomic mass is 10.1. The number of carbonyl (C=O) groups is 1. The van der Waals surface area contributed by atoms with Crippen LogP contribution in [0.3, 0.4) is 0 Å². The van der Waals surface area contributed by atoms with Gasteiger partial charge in [0.05, 0.1) is 11.6 Å². The van der Waals surface area contributed by atoms with E-state index in [0.717, 1.165) is 0 Å². The summed E-state index contributed by atoms with van der Waals surface area (Å²) in [6, 6.07) is 9.32. The molecule has 0 radical (unpaired) electrons. The highest BCUT2D eigenvalue weighted by molar-refractivity contribution is 8.23. The number of hydrogen-bond acceptors (Lipinski definition) is 4. The summed E-state index contributed by atoms with van der Waals surface area (Å²) in [7, 11) is 3.77. The summed E-state index contributed by atoms with van der Waals surface area (Å²) < 4.78 is 2.60. The predicted molar refractivity (Wildman–Crippen MR) is 90.7 cm³/mol. The minimum atomic E-state index is -0.267. The molecule has 0 aliphatic heterocycles. The molecular formula is C15H17N3OS2. The number of nitrogens with zero attached hydrogens (tertiary/aromatic N) is 3. The van der Waals surface area contributed by atoms with Crippen molar-refractivity contribution in [2.24, 2.45) is 0 Å². The van der Waals surface area contributed by atoms with Gasteiger partial charge in [0, 0.05) is 38.6 Å². The van der Waals surface area contributed by atoms with Gasteiger partial charge in [-0.05, 0) is 0 Å². The Morgan fingerprint density at radius 2 is 2.10 bits per heavy atom. The third-order valence-electron chi connectivity index (χ3n) is 2.89. The molecule has 2 rings (SSSR count). The summed E-state index contributed by atoms with van der Waals surface area (Å²) >= 11 is 6.74. The maximum atomic E-state index is 12.7. The van der Waals surface area contributed by atoms with Gasteiger partial charge in [-0.15, -0.1) is 0 Å². The van der Waals surface area contributed by atoms with Gasteiger partial charge in [-0.1, -0.05) is 54.3 Å². The highest BCUT2D eigenvalue weighted by Gasteiger charge is 2.23. The fraction of sp³-hybridized carbons (Fsp3) is 0.267. The zero-order valence-electron chi connectivity index (χ0n) is 12.0. The molecule has 21 heavy (non-hydrogen) atoms. The third-order valence-corrected chi connectivity index (χ3v) is 4.76. The van der Waals surface area contributed by atoms with Crippen LogP contribution in [0.5, 0.6) is 0 Å². The number of aromatic nitrogens is 2. The van der Waals surface area contributed by atoms with Crippen molar-refractivity contribution in [3.05, 3.63) is 54.6 Å². The van der Waals surface area contributed by atoms with E-state index < -0.39 is 0 Å². The van der Waals surface area contributed by atoms with Crippen molar-refractivity contribution >= 4 is 34.1 Å². The Hall–Kier alpha value is -1.66. The number of rotatable bonds is 5. The molecule has 1 heterocycles. The summed E-state index contributed by atoms with van der Waals surface area (Å²) in [5.41, 5.74) is 0.705. The molecule has 0 N–H and O–H groups in total. The van der Waals surface area contributed by atoms with E-state index in [1.54, 1.807) is 12.5 Å². The number of benzene rings is 1. The molecule has 110 valence electrons. The summed E-state index contributed by atoms with van der Waals surface area (Å²) in [6.07, 6.45) is 5.27. The number of Topliss-reactive ketones (excluding diaryl/α,β-unsaturated/α-hetero) is 1. The first-order valence-electron chi connectivity index (χ1n) is 6.51. The minimum Gasteiger partial charge on any atom is -0.364 e. The van der Waals surface area contributed by atoms with Crippen molar-refractivity contribution in [1.29, 1.82) is 0 Å². The normalized spacial score (nSPS) is 11.9. The van der Waals surface area contributed by atoms with Gasteiger partial charge in [0.25, 0.3) is 0 Å². The van der Waals surface area contributed by atoms with Crippen molar-refractivity contribution < 1.29 is 4.79 Å². The summed E-state index contributed by atoms with van der Waals surface area (Å²) in [4.78, 5) is 18.6. The quantitative estimate of drug-likeness (QED) is 0.626. The molecule has 0 saturated heterocycles. The Morgan fingerprint density at radius 3 is 2.67 bits per heavy atom. The van der Waals surface area contributed by atoms with Crippen molar-refractivity contribution in [3.8, 4) is 0 Å². The topological polar surface area (TPSA) is 38.1 Å². The van der Waals surface area contributed by atoms with Gasteiger partial charge in [-0.3, -0.25) is 4.79 Å². The number of thioether (sulfide) groups is 1. The first-order chi connectivity index (χ1) is 10.1. The van der Waals surface area contributed by atoms with Gasteiger partial charge < -0.3 is 9.47 Å². The SMILES string of the molecule is CN(C)C(=S)SC(Cn1ccnc1)C(=O)c1ccccc1. The maximum absolute atomic E-state index is 12.7. The van der Waals surface area contributed by atoms with Crippen LogP contribution in [0.15, 0.2) is 49.1 Å². The highest BCUT2D eigenvalue weighted by Crippen LogP contribution is 2.21. The molecule has 6 heteroatoms. The van der Waals surface area contributed by atoms with Gasteiger partial charge in [-0.2, -0.15) is 0 Å². The fourth-order valence-electron chi connectivity index (χ4n) is 1.78. The lowest BCUT2D eigenvalue weighted by molar-refractivity contribution is 0.0984. The van der Waals surface area contributed by atoms with E-state index in [4.69, 9.17) is 12.2 Å². The minimum absolute atomic E-state index is 0.0819. The third kappa shape index (κ3) is 4.41. The van der Waals surface area contributed by atoms with Crippen LogP contribution in [0.4, 0.5) is 0 Å². The zero-order chi connectivity index (χ0) is 15.2. The Kier molecular flexibility index (Phi) is 5.52. The van der Waals surface area contributed by atoms with Gasteiger partial charge in [-0.25, -0.2) is 4.98 Å². The molecule has 2 aromatic rings. The molecular weight excluding hydrogens is 302 g/mol. The molecule has 4 nitrogen and oxygen atoms in total. The molecule has 0 aliphatic carbocycles. The van der Waals surface area contributed by atoms with Gasteiger partial charge in [0.2, 0.25) is 0 Å². The molecule has 1 aromatic carbocycles. The number of carbonyl (C=O) groups excluding carboxylic acids is 1. The number of hydrogen-bond donors (Lipinski definition) is 0. The lowest BCUT2D eigenvalue weighted by Gasteiger charge is -2.20. The standard InChI is InChI=1S/C15H17N3OS2/c1-17(2)15(20)21-13(10-18-9-8-16-11-18)14(19)12-6-4-3-5-7-12/h3-9,11,13H,10H2,1-2H3. The van der Waals surface area contributed by atoms with E-state index in [1.165, 1.54) is 11.8 Å². The molecule has 0 aliphatic rings. The zero-order valence-corrected chi connectivity index (χ0v) is 13.6. The number of ketones is 1. The Bertz CT molecular complexity index is 597. The number of thiocarbonyl (C=S) groups is 1. The Balaban J connectivity index is 2.18. The Labute approximate surface area is 134 Å². The average Bonchev–Trinajstić information content (AvgIpc) is 2.99. The molecule has 0 saturated carbocycles. The van der Waals surface area contributed by atoms with E-state index in [0.29, 0.717) is 16.4 Å². The van der Waals surface area contributed by atoms with Gasteiger partial charge in [0.15, 0.2) is 5.78 Å².